The minimum absolute atomic E-state index is 0. The summed E-state index contributed by atoms with van der Waals surface area (Å²) in [6.45, 7) is 7.72. The second-order valence-electron chi connectivity index (χ2n) is 7.09. The van der Waals surface area contributed by atoms with Gasteiger partial charge in [0.05, 0.1) is 12.8 Å². The number of ether oxygens (including phenoxy) is 1. The molecule has 3 aromatic rings. The Labute approximate surface area is 199 Å². The molecule has 0 bridgehead atoms. The van der Waals surface area contributed by atoms with Crippen LogP contribution in [0.15, 0.2) is 53.9 Å². The van der Waals surface area contributed by atoms with Crippen molar-refractivity contribution in [2.45, 2.75) is 20.3 Å². The van der Waals surface area contributed by atoms with Gasteiger partial charge in [-0.15, -0.1) is 23.7 Å². The maximum absolute atomic E-state index is 13.3. The molecule has 3 rings (SSSR count). The SMILES string of the molecule is CCN(CC)CCCN(C(=O)c1ccc(OC)cc1)c1nc(-c2ccc(F)cc2)cs1.Cl. The molecule has 0 radical (unpaired) electrons. The second kappa shape index (κ2) is 12.5. The Balaban J connectivity index is 0.00000363. The molecule has 0 spiro atoms. The number of rotatable bonds is 10. The number of halogens is 2. The lowest BCUT2D eigenvalue weighted by molar-refractivity contribution is 0.0985. The third-order valence-corrected chi connectivity index (χ3v) is 6.06. The molecule has 0 aliphatic carbocycles. The summed E-state index contributed by atoms with van der Waals surface area (Å²) in [5.41, 5.74) is 2.14. The van der Waals surface area contributed by atoms with Crippen molar-refractivity contribution < 1.29 is 13.9 Å². The summed E-state index contributed by atoms with van der Waals surface area (Å²) in [7, 11) is 1.60. The number of methoxy groups -OCH3 is 1. The summed E-state index contributed by atoms with van der Waals surface area (Å²) >= 11 is 1.42. The fraction of sp³-hybridized carbons (Fsp3) is 0.333. The van der Waals surface area contributed by atoms with Crippen molar-refractivity contribution >= 4 is 34.8 Å². The third kappa shape index (κ3) is 6.51. The van der Waals surface area contributed by atoms with Gasteiger partial charge < -0.3 is 9.64 Å². The molecule has 0 saturated carbocycles. The number of anilines is 1. The van der Waals surface area contributed by atoms with Crippen LogP contribution in [-0.2, 0) is 0 Å². The van der Waals surface area contributed by atoms with E-state index in [1.165, 1.54) is 23.5 Å². The quantitative estimate of drug-likeness (QED) is 0.372. The summed E-state index contributed by atoms with van der Waals surface area (Å²) in [5, 5.41) is 2.54. The van der Waals surface area contributed by atoms with Crippen molar-refractivity contribution in [1.82, 2.24) is 9.88 Å². The molecule has 0 N–H and O–H groups in total. The lowest BCUT2D eigenvalue weighted by Gasteiger charge is -2.23. The Morgan fingerprint density at radius 3 is 2.28 bits per heavy atom. The van der Waals surface area contributed by atoms with Crippen LogP contribution in [-0.4, -0.2) is 49.1 Å². The predicted molar refractivity (Wildman–Crippen MR) is 132 cm³/mol. The summed E-state index contributed by atoms with van der Waals surface area (Å²) < 4.78 is 18.5. The highest BCUT2D eigenvalue weighted by molar-refractivity contribution is 7.14. The first-order valence-electron chi connectivity index (χ1n) is 10.5. The number of carbonyl (C=O) groups is 1. The van der Waals surface area contributed by atoms with E-state index in [2.05, 4.69) is 18.7 Å². The summed E-state index contributed by atoms with van der Waals surface area (Å²) in [6, 6.07) is 13.3. The lowest BCUT2D eigenvalue weighted by Crippen LogP contribution is -2.34. The summed E-state index contributed by atoms with van der Waals surface area (Å²) in [6.07, 6.45) is 0.842. The van der Waals surface area contributed by atoms with Crippen LogP contribution in [0.25, 0.3) is 11.3 Å². The van der Waals surface area contributed by atoms with E-state index in [9.17, 15) is 9.18 Å². The van der Waals surface area contributed by atoms with E-state index < -0.39 is 0 Å². The molecular weight excluding hydrogens is 449 g/mol. The van der Waals surface area contributed by atoms with Crippen LogP contribution in [0.5, 0.6) is 5.75 Å². The highest BCUT2D eigenvalue weighted by Gasteiger charge is 2.21. The van der Waals surface area contributed by atoms with Crippen molar-refractivity contribution in [2.75, 3.05) is 38.2 Å². The number of hydrogen-bond acceptors (Lipinski definition) is 5. The van der Waals surface area contributed by atoms with Crippen LogP contribution in [0.1, 0.15) is 30.6 Å². The van der Waals surface area contributed by atoms with E-state index >= 15 is 0 Å². The van der Waals surface area contributed by atoms with Crippen LogP contribution < -0.4 is 9.64 Å². The third-order valence-electron chi connectivity index (χ3n) is 5.20. The maximum atomic E-state index is 13.3. The summed E-state index contributed by atoms with van der Waals surface area (Å²) in [4.78, 5) is 22.1. The zero-order valence-electron chi connectivity index (χ0n) is 18.6. The molecule has 0 aliphatic rings. The Morgan fingerprint density at radius 1 is 1.03 bits per heavy atom. The number of hydrogen-bond donors (Lipinski definition) is 0. The van der Waals surface area contributed by atoms with Gasteiger partial charge in [0, 0.05) is 23.1 Å². The second-order valence-corrected chi connectivity index (χ2v) is 7.92. The van der Waals surface area contributed by atoms with Gasteiger partial charge in [-0.3, -0.25) is 9.69 Å². The van der Waals surface area contributed by atoms with Gasteiger partial charge >= 0.3 is 0 Å². The molecule has 0 unspecified atom stereocenters. The van der Waals surface area contributed by atoms with Gasteiger partial charge in [-0.25, -0.2) is 9.37 Å². The first kappa shape index (κ1) is 25.8. The highest BCUT2D eigenvalue weighted by atomic mass is 35.5. The monoisotopic (exact) mass is 477 g/mol. The Kier molecular flexibility index (Phi) is 10.1. The zero-order valence-corrected chi connectivity index (χ0v) is 20.2. The smallest absolute Gasteiger partial charge is 0.260 e. The van der Waals surface area contributed by atoms with Crippen molar-refractivity contribution in [3.8, 4) is 17.0 Å². The molecule has 0 atom stereocenters. The first-order valence-corrected chi connectivity index (χ1v) is 11.3. The number of benzene rings is 2. The highest BCUT2D eigenvalue weighted by Crippen LogP contribution is 2.29. The molecule has 5 nitrogen and oxygen atoms in total. The Bertz CT molecular complexity index is 976. The predicted octanol–water partition coefficient (Wildman–Crippen LogP) is 5.76. The van der Waals surface area contributed by atoms with Crippen LogP contribution in [0.2, 0.25) is 0 Å². The van der Waals surface area contributed by atoms with E-state index in [-0.39, 0.29) is 24.1 Å². The Hall–Kier alpha value is -2.48. The topological polar surface area (TPSA) is 45.7 Å². The zero-order chi connectivity index (χ0) is 22.2. The van der Waals surface area contributed by atoms with Crippen LogP contribution in [0.4, 0.5) is 9.52 Å². The molecular formula is C24H29ClFN3O2S. The van der Waals surface area contributed by atoms with Gasteiger partial charge in [0.2, 0.25) is 0 Å². The normalized spacial score (nSPS) is 10.7. The van der Waals surface area contributed by atoms with E-state index in [0.29, 0.717) is 23.0 Å². The number of carbonyl (C=O) groups excluding carboxylic acids is 1. The molecule has 0 fully saturated rings. The molecule has 0 saturated heterocycles. The van der Waals surface area contributed by atoms with E-state index in [0.717, 1.165) is 37.3 Å². The van der Waals surface area contributed by atoms with Gasteiger partial charge in [0.25, 0.3) is 5.91 Å². The van der Waals surface area contributed by atoms with Crippen LogP contribution in [0, 0.1) is 5.82 Å². The fourth-order valence-corrected chi connectivity index (χ4v) is 4.17. The van der Waals surface area contributed by atoms with Crippen molar-refractivity contribution in [3.63, 3.8) is 0 Å². The van der Waals surface area contributed by atoms with Crippen molar-refractivity contribution in [1.29, 1.82) is 0 Å². The molecule has 0 aliphatic heterocycles. The van der Waals surface area contributed by atoms with Gasteiger partial charge in [0.1, 0.15) is 11.6 Å². The van der Waals surface area contributed by atoms with Crippen LogP contribution in [0.3, 0.4) is 0 Å². The minimum Gasteiger partial charge on any atom is -0.497 e. The average molecular weight is 478 g/mol. The number of nitrogens with zero attached hydrogens (tertiary/aromatic N) is 3. The van der Waals surface area contributed by atoms with Crippen molar-refractivity contribution in [2.24, 2.45) is 0 Å². The molecule has 1 amide bonds. The number of thiazole rings is 1. The maximum Gasteiger partial charge on any atom is 0.260 e. The fourth-order valence-electron chi connectivity index (χ4n) is 3.31. The molecule has 32 heavy (non-hydrogen) atoms. The van der Waals surface area contributed by atoms with Gasteiger partial charge in [0.15, 0.2) is 5.13 Å². The molecule has 172 valence electrons. The van der Waals surface area contributed by atoms with E-state index in [4.69, 9.17) is 9.72 Å². The summed E-state index contributed by atoms with van der Waals surface area (Å²) in [5.74, 6) is 0.326. The van der Waals surface area contributed by atoms with Crippen molar-refractivity contribution in [3.05, 3.63) is 65.3 Å². The Morgan fingerprint density at radius 2 is 1.69 bits per heavy atom. The van der Waals surface area contributed by atoms with Gasteiger partial charge in [-0.2, -0.15) is 0 Å². The standard InChI is InChI=1S/C24H28FN3O2S.ClH/c1-4-27(5-2)15-6-16-28(23(29)19-9-13-21(30-3)14-10-19)24-26-22(17-31-24)18-7-11-20(25)12-8-18;/h7-14,17H,4-6,15-16H2,1-3H3;1H. The largest absolute Gasteiger partial charge is 0.497 e. The van der Waals surface area contributed by atoms with Gasteiger partial charge in [-0.1, -0.05) is 13.8 Å². The molecule has 1 heterocycles. The molecule has 8 heteroatoms. The van der Waals surface area contributed by atoms with Gasteiger partial charge in [-0.05, 0) is 74.6 Å². The molecule has 2 aromatic carbocycles. The lowest BCUT2D eigenvalue weighted by atomic mass is 10.2. The first-order chi connectivity index (χ1) is 15.0. The van der Waals surface area contributed by atoms with E-state index in [1.807, 2.05) is 5.38 Å². The number of amides is 1. The average Bonchev–Trinajstić information content (AvgIpc) is 3.29. The number of aromatic nitrogens is 1. The minimum atomic E-state index is -0.285. The van der Waals surface area contributed by atoms with Crippen LogP contribution >= 0.6 is 23.7 Å². The van der Waals surface area contributed by atoms with E-state index in [1.54, 1.807) is 48.4 Å². The molecule has 1 aromatic heterocycles.